The minimum absolute atomic E-state index is 0.258. The van der Waals surface area contributed by atoms with E-state index >= 15 is 0 Å². The predicted molar refractivity (Wildman–Crippen MR) is 70.3 cm³/mol. The summed E-state index contributed by atoms with van der Waals surface area (Å²) in [4.78, 5) is 0. The van der Waals surface area contributed by atoms with Crippen LogP contribution in [0.25, 0.3) is 0 Å². The van der Waals surface area contributed by atoms with Gasteiger partial charge in [-0.05, 0) is 51.4 Å². The fraction of sp³-hybridized carbons (Fsp3) is 0.733. The first-order chi connectivity index (χ1) is 7.50. The highest BCUT2D eigenvalue weighted by Gasteiger charge is 2.21. The normalized spacial score (nSPS) is 35.1. The molecule has 0 radical (unpaired) electrons. The minimum Gasteiger partial charge on any atom is -0.389 e. The Labute approximate surface area is 100 Å². The fourth-order valence-corrected chi connectivity index (χ4v) is 2.44. The molecule has 0 spiro atoms. The third-order valence-corrected chi connectivity index (χ3v) is 3.65. The van der Waals surface area contributed by atoms with Crippen LogP contribution < -0.4 is 0 Å². The molecule has 92 valence electrons. The molecule has 0 bridgehead atoms. The highest BCUT2D eigenvalue weighted by Crippen LogP contribution is 2.26. The maximum absolute atomic E-state index is 10.2. The lowest BCUT2D eigenvalue weighted by Gasteiger charge is -2.26. The first-order valence-electron chi connectivity index (χ1n) is 6.51. The zero-order chi connectivity index (χ0) is 12.1. The molecule has 1 heteroatoms. The first-order valence-corrected chi connectivity index (χ1v) is 6.51. The molecule has 16 heavy (non-hydrogen) atoms. The third-order valence-electron chi connectivity index (χ3n) is 3.65. The number of allylic oxidation sites excluding steroid dienone is 3. The van der Waals surface area contributed by atoms with Crippen molar-refractivity contribution >= 4 is 0 Å². The van der Waals surface area contributed by atoms with Crippen LogP contribution in [0.5, 0.6) is 0 Å². The van der Waals surface area contributed by atoms with Crippen molar-refractivity contribution in [1.29, 1.82) is 0 Å². The van der Waals surface area contributed by atoms with E-state index in [1.807, 2.05) is 0 Å². The minimum atomic E-state index is -0.258. The maximum Gasteiger partial charge on any atom is 0.0754 e. The van der Waals surface area contributed by atoms with E-state index in [1.165, 1.54) is 11.1 Å². The van der Waals surface area contributed by atoms with E-state index in [0.29, 0.717) is 11.8 Å². The molecule has 0 amide bonds. The van der Waals surface area contributed by atoms with Crippen LogP contribution in [-0.4, -0.2) is 11.2 Å². The van der Waals surface area contributed by atoms with E-state index in [9.17, 15) is 5.11 Å². The van der Waals surface area contributed by atoms with Gasteiger partial charge in [0.25, 0.3) is 0 Å². The number of hydrogen-bond acceptors (Lipinski definition) is 1. The smallest absolute Gasteiger partial charge is 0.0754 e. The molecular weight excluding hydrogens is 196 g/mol. The van der Waals surface area contributed by atoms with E-state index in [-0.39, 0.29) is 6.10 Å². The maximum atomic E-state index is 10.2. The molecule has 1 N–H and O–H groups in total. The molecule has 0 aromatic heterocycles. The van der Waals surface area contributed by atoms with Gasteiger partial charge in [-0.2, -0.15) is 0 Å². The van der Waals surface area contributed by atoms with Gasteiger partial charge in [0.05, 0.1) is 6.10 Å². The Bertz CT molecular complexity index is 273. The zero-order valence-corrected chi connectivity index (χ0v) is 11.2. The van der Waals surface area contributed by atoms with E-state index < -0.39 is 0 Å². The van der Waals surface area contributed by atoms with Gasteiger partial charge < -0.3 is 5.11 Å². The second-order valence-electron chi connectivity index (χ2n) is 5.54. The average molecular weight is 222 g/mol. The van der Waals surface area contributed by atoms with Crippen molar-refractivity contribution in [2.75, 3.05) is 0 Å². The van der Waals surface area contributed by atoms with Gasteiger partial charge in [-0.15, -0.1) is 0 Å². The summed E-state index contributed by atoms with van der Waals surface area (Å²) in [5.74, 6) is 0.947. The third kappa shape index (κ3) is 4.13. The molecule has 0 saturated heterocycles. The topological polar surface area (TPSA) is 20.2 Å². The molecule has 1 nitrogen and oxygen atoms in total. The van der Waals surface area contributed by atoms with Crippen molar-refractivity contribution in [2.45, 2.75) is 59.5 Å². The van der Waals surface area contributed by atoms with Gasteiger partial charge in [-0.1, -0.05) is 37.1 Å². The molecule has 0 aromatic carbocycles. The van der Waals surface area contributed by atoms with Crippen LogP contribution in [-0.2, 0) is 0 Å². The predicted octanol–water partition coefficient (Wildman–Crippen LogP) is 4.09. The Balaban J connectivity index is 2.81. The summed E-state index contributed by atoms with van der Waals surface area (Å²) >= 11 is 0. The van der Waals surface area contributed by atoms with Gasteiger partial charge in [0.1, 0.15) is 0 Å². The van der Waals surface area contributed by atoms with Crippen LogP contribution in [0.15, 0.2) is 23.3 Å². The molecule has 2 atom stereocenters. The van der Waals surface area contributed by atoms with Crippen molar-refractivity contribution in [3.63, 3.8) is 0 Å². The molecule has 0 saturated carbocycles. The Hall–Kier alpha value is -0.560. The van der Waals surface area contributed by atoms with Crippen LogP contribution in [0, 0.1) is 11.8 Å². The molecule has 0 aromatic rings. The second kappa shape index (κ2) is 6.24. The summed E-state index contributed by atoms with van der Waals surface area (Å²) in [6, 6.07) is 0. The number of rotatable bonds is 1. The molecule has 0 fully saturated rings. The molecular formula is C15H26O. The second-order valence-corrected chi connectivity index (χ2v) is 5.54. The van der Waals surface area contributed by atoms with Gasteiger partial charge in [0.15, 0.2) is 0 Å². The molecule has 0 aliphatic heterocycles. The van der Waals surface area contributed by atoms with E-state index in [0.717, 1.165) is 25.7 Å². The van der Waals surface area contributed by atoms with Crippen LogP contribution >= 0.6 is 0 Å². The molecule has 1 aliphatic carbocycles. The number of aliphatic hydroxyl groups excluding tert-OH is 1. The summed E-state index contributed by atoms with van der Waals surface area (Å²) in [5.41, 5.74) is 2.80. The Kier molecular flexibility index (Phi) is 5.27. The molecule has 0 unspecified atom stereocenters. The Morgan fingerprint density at radius 2 is 1.88 bits per heavy atom. The van der Waals surface area contributed by atoms with Gasteiger partial charge in [0.2, 0.25) is 0 Å². The monoisotopic (exact) mass is 222 g/mol. The Morgan fingerprint density at radius 1 is 1.19 bits per heavy atom. The van der Waals surface area contributed by atoms with Crippen LogP contribution in [0.2, 0.25) is 0 Å². The van der Waals surface area contributed by atoms with E-state index in [1.54, 1.807) is 0 Å². The standard InChI is InChI=1S/C15H26O/c1-11(2)14-9-8-12(3)6-5-7-13(4)10-15(14)16/h6,10-11,14-16H,5,7-9H2,1-4H3/b12-6+,13-10-/t14-,15+/m0/s1. The average Bonchev–Trinajstić information content (AvgIpc) is 2.16. The Morgan fingerprint density at radius 3 is 2.50 bits per heavy atom. The van der Waals surface area contributed by atoms with Gasteiger partial charge in [0, 0.05) is 0 Å². The van der Waals surface area contributed by atoms with Gasteiger partial charge in [-0.25, -0.2) is 0 Å². The molecule has 1 rings (SSSR count). The summed E-state index contributed by atoms with van der Waals surface area (Å²) < 4.78 is 0. The molecule has 0 heterocycles. The lowest BCUT2D eigenvalue weighted by molar-refractivity contribution is 0.115. The summed E-state index contributed by atoms with van der Waals surface area (Å²) in [7, 11) is 0. The fourth-order valence-electron chi connectivity index (χ4n) is 2.44. The van der Waals surface area contributed by atoms with Crippen LogP contribution in [0.1, 0.15) is 53.4 Å². The van der Waals surface area contributed by atoms with Crippen molar-refractivity contribution in [2.24, 2.45) is 11.8 Å². The van der Waals surface area contributed by atoms with E-state index in [4.69, 9.17) is 0 Å². The lowest BCUT2D eigenvalue weighted by atomic mass is 9.83. The largest absolute Gasteiger partial charge is 0.389 e. The van der Waals surface area contributed by atoms with Crippen molar-refractivity contribution in [3.8, 4) is 0 Å². The zero-order valence-electron chi connectivity index (χ0n) is 11.2. The van der Waals surface area contributed by atoms with E-state index in [2.05, 4.69) is 39.8 Å². The highest BCUT2D eigenvalue weighted by molar-refractivity contribution is 5.08. The van der Waals surface area contributed by atoms with Gasteiger partial charge in [-0.3, -0.25) is 0 Å². The highest BCUT2D eigenvalue weighted by atomic mass is 16.3. The number of hydrogen-bond donors (Lipinski definition) is 1. The van der Waals surface area contributed by atoms with Crippen molar-refractivity contribution in [3.05, 3.63) is 23.3 Å². The summed E-state index contributed by atoms with van der Waals surface area (Å²) in [6.07, 6.45) is 8.60. The van der Waals surface area contributed by atoms with Gasteiger partial charge >= 0.3 is 0 Å². The first kappa shape index (κ1) is 13.5. The van der Waals surface area contributed by atoms with Crippen LogP contribution in [0.3, 0.4) is 0 Å². The number of aliphatic hydroxyl groups is 1. The van der Waals surface area contributed by atoms with Crippen LogP contribution in [0.4, 0.5) is 0 Å². The SMILES string of the molecule is C/C1=C/[C@@H](O)[C@H](C(C)C)CC/C(C)=C/CC1. The summed E-state index contributed by atoms with van der Waals surface area (Å²) in [6.45, 7) is 8.76. The lowest BCUT2D eigenvalue weighted by Crippen LogP contribution is -2.24. The van der Waals surface area contributed by atoms with Crippen molar-refractivity contribution < 1.29 is 5.11 Å². The molecule has 1 aliphatic rings. The van der Waals surface area contributed by atoms with Crippen molar-refractivity contribution in [1.82, 2.24) is 0 Å². The summed E-state index contributed by atoms with van der Waals surface area (Å²) in [5, 5.41) is 10.2. The quantitative estimate of drug-likeness (QED) is 0.663.